The van der Waals surface area contributed by atoms with Gasteiger partial charge < -0.3 is 15.2 Å². The van der Waals surface area contributed by atoms with E-state index in [9.17, 15) is 8.42 Å². The summed E-state index contributed by atoms with van der Waals surface area (Å²) in [6.45, 7) is 5.17. The van der Waals surface area contributed by atoms with Crippen LogP contribution < -0.4 is 15.4 Å². The third kappa shape index (κ3) is 5.93. The summed E-state index contributed by atoms with van der Waals surface area (Å²) >= 11 is 6.81. The molecule has 0 saturated heterocycles. The van der Waals surface area contributed by atoms with Crippen LogP contribution in [0.25, 0.3) is 0 Å². The maximum atomic E-state index is 12.1. The number of guanidine groups is 1. The van der Waals surface area contributed by atoms with Gasteiger partial charge in [0.1, 0.15) is 9.97 Å². The van der Waals surface area contributed by atoms with Crippen molar-refractivity contribution in [1.82, 2.24) is 20.5 Å². The standard InChI is InChI=1S/C16H24ClN5O3S2/c1-4-12-11(13(5-2)25-22-12)10-20-16(18-3)19-8-9-21-27(23,24)15-7-6-14(17)26-15/h6-7,21H,4-5,8-10H2,1-3H3,(H2,18,19,20). The van der Waals surface area contributed by atoms with Gasteiger partial charge in [0.15, 0.2) is 5.96 Å². The molecular formula is C16H24ClN5O3S2. The number of hydrogen-bond donors (Lipinski definition) is 3. The average Bonchev–Trinajstić information content (AvgIpc) is 3.27. The van der Waals surface area contributed by atoms with E-state index in [0.717, 1.165) is 41.2 Å². The lowest BCUT2D eigenvalue weighted by atomic mass is 10.1. The Kier molecular flexibility index (Phi) is 8.08. The predicted octanol–water partition coefficient (Wildman–Crippen LogP) is 2.16. The molecule has 0 bridgehead atoms. The van der Waals surface area contributed by atoms with Gasteiger partial charge in [0.2, 0.25) is 10.0 Å². The van der Waals surface area contributed by atoms with Crippen molar-refractivity contribution < 1.29 is 12.9 Å². The fourth-order valence-corrected chi connectivity index (χ4v) is 4.97. The average molecular weight is 434 g/mol. The summed E-state index contributed by atoms with van der Waals surface area (Å²) < 4.78 is 32.8. The van der Waals surface area contributed by atoms with Crippen LogP contribution in [0.4, 0.5) is 0 Å². The number of aryl methyl sites for hydroxylation is 2. The summed E-state index contributed by atoms with van der Waals surface area (Å²) in [5.74, 6) is 1.43. The molecule has 0 saturated carbocycles. The van der Waals surface area contributed by atoms with E-state index >= 15 is 0 Å². The van der Waals surface area contributed by atoms with Crippen LogP contribution in [0.5, 0.6) is 0 Å². The Morgan fingerprint density at radius 2 is 2.04 bits per heavy atom. The molecule has 0 radical (unpaired) electrons. The smallest absolute Gasteiger partial charge is 0.250 e. The van der Waals surface area contributed by atoms with E-state index in [2.05, 4.69) is 25.5 Å². The number of sulfonamides is 1. The molecular weight excluding hydrogens is 410 g/mol. The minimum Gasteiger partial charge on any atom is -0.361 e. The first-order chi connectivity index (χ1) is 12.9. The van der Waals surface area contributed by atoms with Gasteiger partial charge in [-0.15, -0.1) is 11.3 Å². The maximum absolute atomic E-state index is 12.1. The third-order valence-corrected chi connectivity index (χ3v) is 6.97. The summed E-state index contributed by atoms with van der Waals surface area (Å²) in [5, 5.41) is 10.4. The highest BCUT2D eigenvalue weighted by Gasteiger charge is 2.16. The molecule has 2 rings (SSSR count). The van der Waals surface area contributed by atoms with Gasteiger partial charge in [0.25, 0.3) is 0 Å². The molecule has 0 aromatic carbocycles. The summed E-state index contributed by atoms with van der Waals surface area (Å²) in [6.07, 6.45) is 1.56. The second kappa shape index (κ2) is 10.1. The van der Waals surface area contributed by atoms with Crippen molar-refractivity contribution in [2.24, 2.45) is 4.99 Å². The van der Waals surface area contributed by atoms with Crippen molar-refractivity contribution in [1.29, 1.82) is 0 Å². The van der Waals surface area contributed by atoms with Crippen LogP contribution >= 0.6 is 22.9 Å². The van der Waals surface area contributed by atoms with E-state index in [1.54, 1.807) is 13.1 Å². The second-order valence-corrected chi connectivity index (χ2v) is 9.26. The molecule has 0 amide bonds. The van der Waals surface area contributed by atoms with Crippen LogP contribution in [0, 0.1) is 0 Å². The van der Waals surface area contributed by atoms with E-state index in [1.165, 1.54) is 6.07 Å². The molecule has 0 spiro atoms. The summed E-state index contributed by atoms with van der Waals surface area (Å²) in [4.78, 5) is 4.14. The van der Waals surface area contributed by atoms with Gasteiger partial charge in [-0.05, 0) is 18.6 Å². The van der Waals surface area contributed by atoms with Crippen molar-refractivity contribution in [2.75, 3.05) is 20.1 Å². The number of thiophene rings is 1. The van der Waals surface area contributed by atoms with Crippen LogP contribution in [-0.2, 0) is 29.4 Å². The van der Waals surface area contributed by atoms with E-state index in [-0.39, 0.29) is 10.8 Å². The largest absolute Gasteiger partial charge is 0.361 e. The fourth-order valence-electron chi connectivity index (χ4n) is 2.41. The lowest BCUT2D eigenvalue weighted by Gasteiger charge is -2.12. The number of aliphatic imine (C=N–C) groups is 1. The van der Waals surface area contributed by atoms with Crippen LogP contribution in [0.2, 0.25) is 4.34 Å². The number of hydrogen-bond acceptors (Lipinski definition) is 6. The normalized spacial score (nSPS) is 12.4. The zero-order valence-corrected chi connectivity index (χ0v) is 17.9. The minimum absolute atomic E-state index is 0.196. The van der Waals surface area contributed by atoms with Crippen molar-refractivity contribution in [2.45, 2.75) is 37.4 Å². The number of rotatable bonds is 9. The number of nitrogens with zero attached hydrogens (tertiary/aromatic N) is 2. The Balaban J connectivity index is 1.82. The first-order valence-electron chi connectivity index (χ1n) is 8.57. The SMILES string of the molecule is CCc1noc(CC)c1CNC(=NC)NCCNS(=O)(=O)c1ccc(Cl)s1. The van der Waals surface area contributed by atoms with Gasteiger partial charge in [-0.1, -0.05) is 30.6 Å². The van der Waals surface area contributed by atoms with Gasteiger partial charge in [-0.2, -0.15) is 0 Å². The molecule has 0 aliphatic carbocycles. The third-order valence-electron chi connectivity index (χ3n) is 3.79. The Morgan fingerprint density at radius 1 is 1.26 bits per heavy atom. The van der Waals surface area contributed by atoms with Crippen LogP contribution in [-0.4, -0.2) is 39.7 Å². The van der Waals surface area contributed by atoms with Crippen LogP contribution in [0.3, 0.4) is 0 Å². The fraction of sp³-hybridized carbons (Fsp3) is 0.500. The van der Waals surface area contributed by atoms with Gasteiger partial charge in [-0.3, -0.25) is 4.99 Å². The Hall–Kier alpha value is -1.62. The number of aromatic nitrogens is 1. The van der Waals surface area contributed by atoms with Crippen LogP contribution in [0.1, 0.15) is 30.9 Å². The monoisotopic (exact) mass is 433 g/mol. The highest BCUT2D eigenvalue weighted by molar-refractivity contribution is 7.91. The first kappa shape index (κ1) is 21.7. The first-order valence-corrected chi connectivity index (χ1v) is 11.2. The predicted molar refractivity (Wildman–Crippen MR) is 108 cm³/mol. The zero-order valence-electron chi connectivity index (χ0n) is 15.5. The molecule has 0 aliphatic rings. The molecule has 8 nitrogen and oxygen atoms in total. The summed E-state index contributed by atoms with van der Waals surface area (Å²) in [6, 6.07) is 3.05. The van der Waals surface area contributed by atoms with Crippen molar-refractivity contribution >= 4 is 38.9 Å². The Labute approximate surface area is 168 Å². The minimum atomic E-state index is -3.55. The molecule has 27 heavy (non-hydrogen) atoms. The van der Waals surface area contributed by atoms with Crippen LogP contribution in [0.15, 0.2) is 25.9 Å². The Bertz CT molecular complexity index is 855. The molecule has 11 heteroatoms. The van der Waals surface area contributed by atoms with Gasteiger partial charge in [0, 0.05) is 38.7 Å². The van der Waals surface area contributed by atoms with E-state index < -0.39 is 10.0 Å². The molecule has 0 unspecified atom stereocenters. The van der Waals surface area contributed by atoms with E-state index in [4.69, 9.17) is 16.1 Å². The molecule has 0 fully saturated rings. The molecule has 3 N–H and O–H groups in total. The maximum Gasteiger partial charge on any atom is 0.250 e. The van der Waals surface area contributed by atoms with Gasteiger partial charge in [0.05, 0.1) is 10.0 Å². The topological polar surface area (TPSA) is 109 Å². The molecule has 150 valence electrons. The molecule has 2 aromatic heterocycles. The zero-order chi connectivity index (χ0) is 19.9. The van der Waals surface area contributed by atoms with Gasteiger partial charge >= 0.3 is 0 Å². The summed E-state index contributed by atoms with van der Waals surface area (Å²) in [5.41, 5.74) is 1.97. The van der Waals surface area contributed by atoms with Crippen molar-refractivity contribution in [3.63, 3.8) is 0 Å². The van der Waals surface area contributed by atoms with E-state index in [1.807, 2.05) is 13.8 Å². The highest BCUT2D eigenvalue weighted by Crippen LogP contribution is 2.25. The summed E-state index contributed by atoms with van der Waals surface area (Å²) in [7, 11) is -1.89. The Morgan fingerprint density at radius 3 is 2.63 bits per heavy atom. The molecule has 0 aliphatic heterocycles. The van der Waals surface area contributed by atoms with Crippen molar-refractivity contribution in [3.05, 3.63) is 33.5 Å². The second-order valence-electron chi connectivity index (χ2n) is 5.55. The van der Waals surface area contributed by atoms with Gasteiger partial charge in [-0.25, -0.2) is 13.1 Å². The lowest BCUT2D eigenvalue weighted by Crippen LogP contribution is -2.41. The number of halogens is 1. The molecule has 0 atom stereocenters. The molecule has 2 aromatic rings. The van der Waals surface area contributed by atoms with E-state index in [0.29, 0.717) is 23.4 Å². The molecule has 2 heterocycles. The quantitative estimate of drug-likeness (QED) is 0.317. The highest BCUT2D eigenvalue weighted by atomic mass is 35.5. The lowest BCUT2D eigenvalue weighted by molar-refractivity contribution is 0.380. The van der Waals surface area contributed by atoms with Crippen molar-refractivity contribution in [3.8, 4) is 0 Å². The number of nitrogens with one attached hydrogen (secondary N) is 3.